The minimum absolute atomic E-state index is 0.0299. The van der Waals surface area contributed by atoms with Crippen molar-refractivity contribution in [2.75, 3.05) is 0 Å². The maximum atomic E-state index is 10.2. The van der Waals surface area contributed by atoms with Gasteiger partial charge in [-0.1, -0.05) is 40.7 Å². The molecule has 19 heavy (non-hydrogen) atoms. The quantitative estimate of drug-likeness (QED) is 0.847. The van der Waals surface area contributed by atoms with E-state index in [0.717, 1.165) is 11.0 Å². The van der Waals surface area contributed by atoms with Crippen LogP contribution in [-0.2, 0) is 5.41 Å². The lowest BCUT2D eigenvalue weighted by atomic mass is 9.85. The normalized spacial score (nSPS) is 14.3. The number of hydrogen-bond acceptors (Lipinski definition) is 2. The molecule has 0 aliphatic heterocycles. The lowest BCUT2D eigenvalue weighted by Crippen LogP contribution is -2.11. The topological polar surface area (TPSA) is 33.4 Å². The molecule has 1 heterocycles. The molecule has 1 N–H and O–H groups in total. The molecule has 0 saturated carbocycles. The Balaban J connectivity index is 2.65. The van der Waals surface area contributed by atoms with Gasteiger partial charge in [-0.3, -0.25) is 0 Å². The van der Waals surface area contributed by atoms with Crippen LogP contribution in [0.4, 0.5) is 0 Å². The van der Waals surface area contributed by atoms with Crippen molar-refractivity contribution in [1.82, 2.24) is 0 Å². The average Bonchev–Trinajstić information content (AvgIpc) is 2.68. The number of aliphatic hydroxyl groups excluding tert-OH is 1. The predicted octanol–water partition coefficient (Wildman–Crippen LogP) is 4.73. The third-order valence-corrected chi connectivity index (χ3v) is 3.51. The van der Waals surface area contributed by atoms with Crippen LogP contribution in [0.25, 0.3) is 11.0 Å². The van der Waals surface area contributed by atoms with Crippen LogP contribution in [0.3, 0.4) is 0 Å². The molecule has 0 bridgehead atoms. The minimum Gasteiger partial charge on any atom is -0.458 e. The fourth-order valence-electron chi connectivity index (χ4n) is 2.35. The molecule has 0 aliphatic rings. The van der Waals surface area contributed by atoms with E-state index in [4.69, 9.17) is 4.42 Å². The lowest BCUT2D eigenvalue weighted by molar-refractivity contribution is 0.104. The van der Waals surface area contributed by atoms with Gasteiger partial charge < -0.3 is 9.52 Å². The van der Waals surface area contributed by atoms with Crippen LogP contribution >= 0.6 is 0 Å². The second-order valence-corrected chi connectivity index (χ2v) is 6.82. The first kappa shape index (κ1) is 14.1. The van der Waals surface area contributed by atoms with Gasteiger partial charge in [0, 0.05) is 10.9 Å². The highest BCUT2D eigenvalue weighted by Crippen LogP contribution is 2.35. The maximum Gasteiger partial charge on any atom is 0.138 e. The van der Waals surface area contributed by atoms with Gasteiger partial charge in [-0.25, -0.2) is 0 Å². The summed E-state index contributed by atoms with van der Waals surface area (Å²) >= 11 is 0. The summed E-state index contributed by atoms with van der Waals surface area (Å²) in [6.07, 6.45) is -0.541. The second-order valence-electron chi connectivity index (χ2n) is 6.82. The van der Waals surface area contributed by atoms with E-state index < -0.39 is 6.10 Å². The van der Waals surface area contributed by atoms with E-state index in [-0.39, 0.29) is 11.3 Å². The highest BCUT2D eigenvalue weighted by molar-refractivity contribution is 5.83. The molecule has 2 aromatic rings. The van der Waals surface area contributed by atoms with E-state index in [9.17, 15) is 5.11 Å². The van der Waals surface area contributed by atoms with Crippen LogP contribution in [0.5, 0.6) is 0 Å². The van der Waals surface area contributed by atoms with Crippen LogP contribution < -0.4 is 0 Å². The molecule has 0 fully saturated rings. The van der Waals surface area contributed by atoms with Gasteiger partial charge in [-0.15, -0.1) is 0 Å². The monoisotopic (exact) mass is 260 g/mol. The molecule has 2 nitrogen and oxygen atoms in total. The Bertz CT molecular complexity index is 585. The molecular formula is C17H24O2. The van der Waals surface area contributed by atoms with Crippen LogP contribution in [0.1, 0.15) is 57.6 Å². The van der Waals surface area contributed by atoms with Gasteiger partial charge in [0.15, 0.2) is 0 Å². The summed E-state index contributed by atoms with van der Waals surface area (Å²) in [4.78, 5) is 0. The van der Waals surface area contributed by atoms with E-state index in [0.29, 0.717) is 5.76 Å². The molecule has 0 spiro atoms. The predicted molar refractivity (Wildman–Crippen MR) is 79.4 cm³/mol. The van der Waals surface area contributed by atoms with Crippen LogP contribution in [0, 0.1) is 12.8 Å². The number of furan rings is 1. The summed E-state index contributed by atoms with van der Waals surface area (Å²) < 4.78 is 5.95. The van der Waals surface area contributed by atoms with Crippen molar-refractivity contribution < 1.29 is 9.52 Å². The molecule has 0 radical (unpaired) electrons. The summed E-state index contributed by atoms with van der Waals surface area (Å²) in [7, 11) is 0. The molecule has 0 saturated heterocycles. The second kappa shape index (κ2) is 4.68. The number of fused-ring (bicyclic) bond motifs is 1. The molecule has 0 amide bonds. The van der Waals surface area contributed by atoms with E-state index in [1.807, 2.05) is 19.9 Å². The van der Waals surface area contributed by atoms with Gasteiger partial charge in [-0.05, 0) is 36.0 Å². The van der Waals surface area contributed by atoms with Gasteiger partial charge in [0.25, 0.3) is 0 Å². The summed E-state index contributed by atoms with van der Waals surface area (Å²) in [6, 6.07) is 6.27. The van der Waals surface area contributed by atoms with Crippen molar-refractivity contribution >= 4 is 11.0 Å². The molecule has 1 atom stereocenters. The van der Waals surface area contributed by atoms with E-state index >= 15 is 0 Å². The van der Waals surface area contributed by atoms with Crippen molar-refractivity contribution in [3.05, 3.63) is 35.1 Å². The summed E-state index contributed by atoms with van der Waals surface area (Å²) in [5.41, 5.74) is 3.36. The molecule has 2 heteroatoms. The van der Waals surface area contributed by atoms with Crippen LogP contribution in [0.15, 0.2) is 22.6 Å². The van der Waals surface area contributed by atoms with Gasteiger partial charge in [-0.2, -0.15) is 0 Å². The fraction of sp³-hybridized carbons (Fsp3) is 0.529. The zero-order valence-corrected chi connectivity index (χ0v) is 12.7. The van der Waals surface area contributed by atoms with Crippen LogP contribution in [0.2, 0.25) is 0 Å². The number of aliphatic hydroxyl groups is 1. The Morgan fingerprint density at radius 2 is 1.74 bits per heavy atom. The molecule has 1 aromatic heterocycles. The molecule has 104 valence electrons. The average molecular weight is 260 g/mol. The zero-order chi connectivity index (χ0) is 14.4. The molecular weight excluding hydrogens is 236 g/mol. The Morgan fingerprint density at radius 3 is 2.26 bits per heavy atom. The summed E-state index contributed by atoms with van der Waals surface area (Å²) in [5, 5.41) is 11.3. The third kappa shape index (κ3) is 2.69. The highest BCUT2D eigenvalue weighted by Gasteiger charge is 2.23. The van der Waals surface area contributed by atoms with Crippen molar-refractivity contribution in [3.63, 3.8) is 0 Å². The van der Waals surface area contributed by atoms with Gasteiger partial charge in [0.2, 0.25) is 0 Å². The fourth-order valence-corrected chi connectivity index (χ4v) is 2.35. The van der Waals surface area contributed by atoms with E-state index in [2.05, 4.69) is 39.8 Å². The Morgan fingerprint density at radius 1 is 1.11 bits per heavy atom. The smallest absolute Gasteiger partial charge is 0.138 e. The number of rotatable bonds is 2. The first-order chi connectivity index (χ1) is 8.70. The van der Waals surface area contributed by atoms with Crippen molar-refractivity contribution in [3.8, 4) is 0 Å². The first-order valence-corrected chi connectivity index (χ1v) is 6.93. The number of hydrogen-bond donors (Lipinski definition) is 1. The minimum atomic E-state index is -0.541. The zero-order valence-electron chi connectivity index (χ0n) is 12.7. The van der Waals surface area contributed by atoms with E-state index in [1.165, 1.54) is 11.1 Å². The standard InChI is InChI=1S/C17H24O2/c1-10(2)15(18)14-9-12-7-11(3)8-13(16(12)19-14)17(4,5)6/h7-10,15,18H,1-6H3. The van der Waals surface area contributed by atoms with Gasteiger partial charge in [0.05, 0.1) is 0 Å². The first-order valence-electron chi connectivity index (χ1n) is 6.93. The Kier molecular flexibility index (Phi) is 3.48. The largest absolute Gasteiger partial charge is 0.458 e. The van der Waals surface area contributed by atoms with E-state index in [1.54, 1.807) is 0 Å². The number of benzene rings is 1. The van der Waals surface area contributed by atoms with Crippen LogP contribution in [-0.4, -0.2) is 5.11 Å². The third-order valence-electron chi connectivity index (χ3n) is 3.51. The SMILES string of the molecule is Cc1cc(C(C)(C)C)c2oc(C(O)C(C)C)cc2c1. The van der Waals surface area contributed by atoms with Crippen molar-refractivity contribution in [2.24, 2.45) is 5.92 Å². The maximum absolute atomic E-state index is 10.2. The molecule has 1 aromatic carbocycles. The molecule has 2 rings (SSSR count). The van der Waals surface area contributed by atoms with Gasteiger partial charge in [0.1, 0.15) is 17.4 Å². The highest BCUT2D eigenvalue weighted by atomic mass is 16.4. The van der Waals surface area contributed by atoms with Crippen molar-refractivity contribution in [1.29, 1.82) is 0 Å². The molecule has 0 aliphatic carbocycles. The summed E-state index contributed by atoms with van der Waals surface area (Å²) in [5.74, 6) is 0.820. The Labute approximate surface area is 115 Å². The lowest BCUT2D eigenvalue weighted by Gasteiger charge is -2.20. The Hall–Kier alpha value is -1.28. The van der Waals surface area contributed by atoms with Crippen molar-refractivity contribution in [2.45, 2.75) is 53.1 Å². The summed E-state index contributed by atoms with van der Waals surface area (Å²) in [6.45, 7) is 12.6. The van der Waals surface area contributed by atoms with Gasteiger partial charge >= 0.3 is 0 Å². The number of aryl methyl sites for hydroxylation is 1. The molecule has 1 unspecified atom stereocenters.